The van der Waals surface area contributed by atoms with Crippen molar-refractivity contribution in [1.82, 2.24) is 9.78 Å². The molecule has 2 aromatic carbocycles. The Bertz CT molecular complexity index is 1090. The van der Waals surface area contributed by atoms with Gasteiger partial charge in [-0.3, -0.25) is 14.9 Å². The zero-order valence-corrected chi connectivity index (χ0v) is 15.3. The minimum Gasteiger partial charge on any atom is -0.266 e. The van der Waals surface area contributed by atoms with Gasteiger partial charge in [-0.05, 0) is 5.56 Å². The Hall–Kier alpha value is -3.79. The molecule has 1 unspecified atom stereocenters. The van der Waals surface area contributed by atoms with E-state index in [1.165, 1.54) is 0 Å². The lowest BCUT2D eigenvalue weighted by molar-refractivity contribution is -0.525. The smallest absolute Gasteiger partial charge is 0.266 e. The van der Waals surface area contributed by atoms with Gasteiger partial charge in [-0.1, -0.05) is 67.6 Å². The molecule has 3 rings (SSSR count). The van der Waals surface area contributed by atoms with Crippen LogP contribution in [0.5, 0.6) is 0 Å². The van der Waals surface area contributed by atoms with Crippen LogP contribution < -0.4 is 5.56 Å². The predicted octanol–water partition coefficient (Wildman–Crippen LogP) is 3.50. The van der Waals surface area contributed by atoms with Crippen LogP contribution in [0, 0.1) is 21.4 Å². The molecule has 0 spiro atoms. The quantitative estimate of drug-likeness (QED) is 0.485. The molecule has 0 aliphatic rings. The number of nitro groups is 1. The summed E-state index contributed by atoms with van der Waals surface area (Å²) in [5.41, 5.74) is 1.60. The molecule has 28 heavy (non-hydrogen) atoms. The fourth-order valence-corrected chi connectivity index (χ4v) is 3.03. The normalized spacial score (nSPS) is 11.6. The van der Waals surface area contributed by atoms with Crippen molar-refractivity contribution in [2.45, 2.75) is 25.9 Å². The monoisotopic (exact) mass is 374 g/mol. The Kier molecular flexibility index (Phi) is 5.61. The first-order chi connectivity index (χ1) is 13.6. The summed E-state index contributed by atoms with van der Waals surface area (Å²) >= 11 is 0. The molecule has 7 heteroatoms. The number of benzene rings is 2. The predicted molar refractivity (Wildman–Crippen MR) is 105 cm³/mol. The maximum atomic E-state index is 12.9. The van der Waals surface area contributed by atoms with E-state index in [-0.39, 0.29) is 18.5 Å². The molecular weight excluding hydrogens is 356 g/mol. The van der Waals surface area contributed by atoms with E-state index in [1.54, 1.807) is 19.1 Å². The van der Waals surface area contributed by atoms with Crippen molar-refractivity contribution in [2.24, 2.45) is 0 Å². The zero-order chi connectivity index (χ0) is 20.1. The van der Waals surface area contributed by atoms with Crippen molar-refractivity contribution >= 4 is 0 Å². The molecule has 0 fully saturated rings. The average Bonchev–Trinajstić information content (AvgIpc) is 2.73. The van der Waals surface area contributed by atoms with E-state index < -0.39 is 16.5 Å². The van der Waals surface area contributed by atoms with Gasteiger partial charge in [0.1, 0.15) is 23.9 Å². The first-order valence-electron chi connectivity index (χ1n) is 8.86. The highest BCUT2D eigenvalue weighted by molar-refractivity contribution is 5.84. The van der Waals surface area contributed by atoms with Gasteiger partial charge in [-0.15, -0.1) is 0 Å². The fourth-order valence-electron chi connectivity index (χ4n) is 3.03. The van der Waals surface area contributed by atoms with Gasteiger partial charge in [0.2, 0.25) is 6.04 Å². The van der Waals surface area contributed by atoms with Crippen LogP contribution in [-0.4, -0.2) is 20.7 Å². The lowest BCUT2D eigenvalue weighted by Crippen LogP contribution is -2.34. The van der Waals surface area contributed by atoms with Gasteiger partial charge < -0.3 is 0 Å². The molecule has 3 aromatic rings. The van der Waals surface area contributed by atoms with Crippen molar-refractivity contribution in [3.63, 3.8) is 0 Å². The van der Waals surface area contributed by atoms with Crippen LogP contribution in [0.1, 0.15) is 18.9 Å². The number of aromatic nitrogens is 2. The largest absolute Gasteiger partial charge is 0.285 e. The van der Waals surface area contributed by atoms with Gasteiger partial charge in [0, 0.05) is 22.5 Å². The summed E-state index contributed by atoms with van der Waals surface area (Å²) < 4.78 is 1.05. The van der Waals surface area contributed by atoms with E-state index in [0.29, 0.717) is 16.8 Å². The standard InChI is InChI=1S/C21H18N4O3/c1-2-17(25(27)28)14-24-21(26)18(13-22)19(15-9-5-3-6-10-15)20(23-24)16-11-7-4-8-12-16/h3-12,17H,2,14H2,1H3. The van der Waals surface area contributed by atoms with Crippen molar-refractivity contribution in [3.8, 4) is 28.5 Å². The van der Waals surface area contributed by atoms with Gasteiger partial charge in [0.25, 0.3) is 5.56 Å². The van der Waals surface area contributed by atoms with Crippen LogP contribution >= 0.6 is 0 Å². The molecule has 0 amide bonds. The molecule has 1 aromatic heterocycles. The molecule has 0 radical (unpaired) electrons. The van der Waals surface area contributed by atoms with Crippen molar-refractivity contribution in [1.29, 1.82) is 5.26 Å². The third-order valence-electron chi connectivity index (χ3n) is 4.53. The summed E-state index contributed by atoms with van der Waals surface area (Å²) in [4.78, 5) is 23.7. The molecule has 0 bridgehead atoms. The van der Waals surface area contributed by atoms with Gasteiger partial charge in [-0.2, -0.15) is 10.4 Å². The van der Waals surface area contributed by atoms with Crippen LogP contribution in [0.2, 0.25) is 0 Å². The van der Waals surface area contributed by atoms with Gasteiger partial charge in [0.05, 0.1) is 0 Å². The molecule has 0 saturated carbocycles. The number of hydrogen-bond donors (Lipinski definition) is 0. The summed E-state index contributed by atoms with van der Waals surface area (Å²) in [6.07, 6.45) is 0.254. The zero-order valence-electron chi connectivity index (χ0n) is 15.3. The molecule has 1 heterocycles. The second-order valence-electron chi connectivity index (χ2n) is 6.28. The third kappa shape index (κ3) is 3.67. The minimum absolute atomic E-state index is 0.0711. The highest BCUT2D eigenvalue weighted by Gasteiger charge is 2.24. The molecule has 140 valence electrons. The third-order valence-corrected chi connectivity index (χ3v) is 4.53. The van der Waals surface area contributed by atoms with Gasteiger partial charge >= 0.3 is 0 Å². The molecule has 0 aliphatic carbocycles. The average molecular weight is 374 g/mol. The van der Waals surface area contributed by atoms with E-state index in [2.05, 4.69) is 5.10 Å². The molecule has 0 aliphatic heterocycles. The Morgan fingerprint density at radius 1 is 1.11 bits per heavy atom. The van der Waals surface area contributed by atoms with Crippen LogP contribution in [0.15, 0.2) is 65.5 Å². The first kappa shape index (κ1) is 19.0. The van der Waals surface area contributed by atoms with Crippen LogP contribution in [0.3, 0.4) is 0 Å². The Balaban J connectivity index is 2.31. The summed E-state index contributed by atoms with van der Waals surface area (Å²) in [5, 5.41) is 25.4. The van der Waals surface area contributed by atoms with E-state index in [9.17, 15) is 20.2 Å². The van der Waals surface area contributed by atoms with Gasteiger partial charge in [-0.25, -0.2) is 4.68 Å². The van der Waals surface area contributed by atoms with Crippen molar-refractivity contribution in [3.05, 3.63) is 86.7 Å². The molecule has 1 atom stereocenters. The molecular formula is C21H18N4O3. The maximum Gasteiger partial charge on any atom is 0.285 e. The van der Waals surface area contributed by atoms with E-state index in [1.807, 2.05) is 54.6 Å². The van der Waals surface area contributed by atoms with E-state index in [0.717, 1.165) is 10.2 Å². The van der Waals surface area contributed by atoms with Crippen LogP contribution in [0.4, 0.5) is 0 Å². The summed E-state index contributed by atoms with van der Waals surface area (Å²) in [5.74, 6) is 0. The second kappa shape index (κ2) is 8.27. The van der Waals surface area contributed by atoms with Crippen LogP contribution in [0.25, 0.3) is 22.4 Å². The molecule has 0 saturated heterocycles. The number of nitrogens with zero attached hydrogens (tertiary/aromatic N) is 4. The fraction of sp³-hybridized carbons (Fsp3) is 0.190. The van der Waals surface area contributed by atoms with Gasteiger partial charge in [0.15, 0.2) is 0 Å². The second-order valence-corrected chi connectivity index (χ2v) is 6.28. The Morgan fingerprint density at radius 2 is 1.68 bits per heavy atom. The highest BCUT2D eigenvalue weighted by Crippen LogP contribution is 2.31. The van der Waals surface area contributed by atoms with E-state index in [4.69, 9.17) is 0 Å². The first-order valence-corrected chi connectivity index (χ1v) is 8.86. The Labute approximate surface area is 161 Å². The Morgan fingerprint density at radius 3 is 2.18 bits per heavy atom. The lowest BCUT2D eigenvalue weighted by atomic mass is 9.96. The topological polar surface area (TPSA) is 102 Å². The maximum absolute atomic E-state index is 12.9. The van der Waals surface area contributed by atoms with E-state index >= 15 is 0 Å². The van der Waals surface area contributed by atoms with Crippen molar-refractivity contribution in [2.75, 3.05) is 0 Å². The van der Waals surface area contributed by atoms with Crippen molar-refractivity contribution < 1.29 is 4.92 Å². The lowest BCUT2D eigenvalue weighted by Gasteiger charge is -2.15. The number of hydrogen-bond acceptors (Lipinski definition) is 5. The van der Waals surface area contributed by atoms with Crippen LogP contribution in [-0.2, 0) is 6.54 Å². The number of nitriles is 1. The molecule has 0 N–H and O–H groups in total. The highest BCUT2D eigenvalue weighted by atomic mass is 16.6. The number of rotatable bonds is 6. The summed E-state index contributed by atoms with van der Waals surface area (Å²) in [6.45, 7) is 1.49. The SMILES string of the molecule is CCC(Cn1nc(-c2ccccc2)c(-c2ccccc2)c(C#N)c1=O)[N+](=O)[O-]. The summed E-state index contributed by atoms with van der Waals surface area (Å²) in [7, 11) is 0. The minimum atomic E-state index is -0.956. The molecule has 7 nitrogen and oxygen atoms in total. The summed E-state index contributed by atoms with van der Waals surface area (Å²) in [6, 6.07) is 19.3.